The molecular formula is C25H26FN3O5S. The highest BCUT2D eigenvalue weighted by Crippen LogP contribution is 2.17. The summed E-state index contributed by atoms with van der Waals surface area (Å²) < 4.78 is 47.3. The van der Waals surface area contributed by atoms with E-state index >= 15 is 0 Å². The second kappa shape index (κ2) is 10.8. The fourth-order valence-corrected chi connectivity index (χ4v) is 5.32. The number of piperidine rings is 1. The number of amides is 2. The number of hydrogen-bond donors (Lipinski definition) is 2. The van der Waals surface area contributed by atoms with Crippen LogP contribution in [0.5, 0.6) is 0 Å². The lowest BCUT2D eigenvalue weighted by Crippen LogP contribution is -2.53. The van der Waals surface area contributed by atoms with Crippen molar-refractivity contribution in [1.29, 1.82) is 0 Å². The summed E-state index contributed by atoms with van der Waals surface area (Å²) in [5, 5.41) is 2.91. The molecule has 8 nitrogen and oxygen atoms in total. The van der Waals surface area contributed by atoms with E-state index in [1.807, 2.05) is 6.07 Å². The minimum Gasteiger partial charge on any atom is -0.472 e. The van der Waals surface area contributed by atoms with Gasteiger partial charge in [0.05, 0.1) is 11.8 Å². The van der Waals surface area contributed by atoms with E-state index in [2.05, 4.69) is 10.0 Å². The molecule has 10 heteroatoms. The molecule has 2 N–H and O–H groups in total. The molecule has 0 bridgehead atoms. The number of nitrogens with one attached hydrogen (secondary N) is 2. The van der Waals surface area contributed by atoms with Gasteiger partial charge in [-0.15, -0.1) is 0 Å². The summed E-state index contributed by atoms with van der Waals surface area (Å²) in [7, 11) is -4.29. The Hall–Kier alpha value is -3.50. The lowest BCUT2D eigenvalue weighted by Gasteiger charge is -2.33. The van der Waals surface area contributed by atoms with Gasteiger partial charge in [0.25, 0.3) is 5.91 Å². The zero-order valence-corrected chi connectivity index (χ0v) is 19.7. The number of likely N-dealkylation sites (tertiary alicyclic amines) is 1. The summed E-state index contributed by atoms with van der Waals surface area (Å²) in [6, 6.07) is 14.2. The Morgan fingerprint density at radius 1 is 1.03 bits per heavy atom. The van der Waals surface area contributed by atoms with Gasteiger partial charge < -0.3 is 14.6 Å². The lowest BCUT2D eigenvalue weighted by atomic mass is 10.0. The van der Waals surface area contributed by atoms with Gasteiger partial charge in [0.2, 0.25) is 15.9 Å². The molecule has 1 aliphatic heterocycles. The maximum atomic E-state index is 14.2. The topological polar surface area (TPSA) is 109 Å². The fourth-order valence-electron chi connectivity index (χ4n) is 4.05. The Bertz CT molecular complexity index is 1260. The molecule has 1 saturated heterocycles. The van der Waals surface area contributed by atoms with Crippen molar-refractivity contribution < 1.29 is 26.8 Å². The zero-order chi connectivity index (χ0) is 24.8. The van der Waals surface area contributed by atoms with Crippen molar-refractivity contribution in [3.05, 3.63) is 90.1 Å². The molecule has 2 aromatic carbocycles. The predicted octanol–water partition coefficient (Wildman–Crippen LogP) is 2.73. The predicted molar refractivity (Wildman–Crippen MR) is 126 cm³/mol. The van der Waals surface area contributed by atoms with Crippen LogP contribution < -0.4 is 10.0 Å². The second-order valence-corrected chi connectivity index (χ2v) is 10.1. The Morgan fingerprint density at radius 2 is 1.71 bits per heavy atom. The van der Waals surface area contributed by atoms with E-state index in [1.165, 1.54) is 24.7 Å². The third kappa shape index (κ3) is 6.14. The Kier molecular flexibility index (Phi) is 7.62. The first-order valence-corrected chi connectivity index (χ1v) is 12.7. The molecule has 1 aliphatic rings. The number of nitrogens with zero attached hydrogens (tertiary/aromatic N) is 1. The number of benzene rings is 2. The van der Waals surface area contributed by atoms with Crippen LogP contribution in [0.3, 0.4) is 0 Å². The molecule has 2 amide bonds. The van der Waals surface area contributed by atoms with Crippen LogP contribution in [0.1, 0.15) is 28.8 Å². The van der Waals surface area contributed by atoms with Gasteiger partial charge in [0, 0.05) is 19.1 Å². The molecule has 4 rings (SSSR count). The zero-order valence-electron chi connectivity index (χ0n) is 18.9. The number of carbonyl (C=O) groups excluding carboxylic acids is 2. The average molecular weight is 500 g/mol. The highest BCUT2D eigenvalue weighted by molar-refractivity contribution is 7.89. The van der Waals surface area contributed by atoms with Crippen molar-refractivity contribution in [1.82, 2.24) is 14.9 Å². The van der Waals surface area contributed by atoms with Crippen LogP contribution in [0.4, 0.5) is 4.39 Å². The Balaban J connectivity index is 1.44. The standard InChI is InChI=1S/C25H26FN3O5S/c26-21-8-4-5-9-23(21)35(32,33)28-22(16-18-6-2-1-3-7-18)24(30)27-20-10-13-29(14-11-20)25(31)19-12-15-34-17-19/h1-9,12,15,17,20,22,28H,10-11,13-14,16H2,(H,27,30). The maximum Gasteiger partial charge on any atom is 0.257 e. The van der Waals surface area contributed by atoms with Gasteiger partial charge in [-0.2, -0.15) is 4.72 Å². The van der Waals surface area contributed by atoms with Gasteiger partial charge in [0.1, 0.15) is 23.0 Å². The van der Waals surface area contributed by atoms with Crippen LogP contribution in [0.15, 0.2) is 82.5 Å². The first-order chi connectivity index (χ1) is 16.8. The van der Waals surface area contributed by atoms with Gasteiger partial charge in [-0.25, -0.2) is 12.8 Å². The Morgan fingerprint density at radius 3 is 2.37 bits per heavy atom. The summed E-state index contributed by atoms with van der Waals surface area (Å²) >= 11 is 0. The van der Waals surface area contributed by atoms with Crippen LogP contribution in [0.25, 0.3) is 0 Å². The van der Waals surface area contributed by atoms with Gasteiger partial charge in [-0.1, -0.05) is 42.5 Å². The first kappa shape index (κ1) is 24.6. The van der Waals surface area contributed by atoms with Crippen molar-refractivity contribution in [2.45, 2.75) is 36.2 Å². The third-order valence-corrected chi connectivity index (χ3v) is 7.42. The molecule has 1 aromatic heterocycles. The number of rotatable bonds is 8. The molecule has 35 heavy (non-hydrogen) atoms. The molecule has 0 saturated carbocycles. The SMILES string of the molecule is O=C(NC1CCN(C(=O)c2ccoc2)CC1)C(Cc1ccccc1)NS(=O)(=O)c1ccccc1F. The van der Waals surface area contributed by atoms with Gasteiger partial charge in [-0.3, -0.25) is 9.59 Å². The number of carbonyl (C=O) groups is 2. The van der Waals surface area contributed by atoms with E-state index in [0.717, 1.165) is 17.7 Å². The van der Waals surface area contributed by atoms with Crippen LogP contribution in [0.2, 0.25) is 0 Å². The molecule has 0 spiro atoms. The molecule has 184 valence electrons. The monoisotopic (exact) mass is 499 g/mol. The van der Waals surface area contributed by atoms with E-state index in [-0.39, 0.29) is 18.4 Å². The van der Waals surface area contributed by atoms with Crippen molar-refractivity contribution in [2.24, 2.45) is 0 Å². The molecular weight excluding hydrogens is 473 g/mol. The highest BCUT2D eigenvalue weighted by Gasteiger charge is 2.31. The molecule has 1 fully saturated rings. The van der Waals surface area contributed by atoms with E-state index in [9.17, 15) is 22.4 Å². The summed E-state index contributed by atoms with van der Waals surface area (Å²) in [6.45, 7) is 0.887. The number of hydrogen-bond acceptors (Lipinski definition) is 5. The lowest BCUT2D eigenvalue weighted by molar-refractivity contribution is -0.123. The largest absolute Gasteiger partial charge is 0.472 e. The van der Waals surface area contributed by atoms with Gasteiger partial charge in [0.15, 0.2) is 0 Å². The summed E-state index contributed by atoms with van der Waals surface area (Å²) in [4.78, 5) is 26.9. The summed E-state index contributed by atoms with van der Waals surface area (Å²) in [6.07, 6.45) is 3.97. The second-order valence-electron chi connectivity index (χ2n) is 8.38. The maximum absolute atomic E-state index is 14.2. The third-order valence-electron chi connectivity index (χ3n) is 5.92. The van der Waals surface area contributed by atoms with Gasteiger partial charge in [-0.05, 0) is 43.0 Å². The molecule has 3 aromatic rings. The van der Waals surface area contributed by atoms with Crippen molar-refractivity contribution in [2.75, 3.05) is 13.1 Å². The van der Waals surface area contributed by atoms with Crippen LogP contribution in [-0.2, 0) is 21.2 Å². The average Bonchev–Trinajstić information content (AvgIpc) is 3.39. The fraction of sp³-hybridized carbons (Fsp3) is 0.280. The van der Waals surface area contributed by atoms with Crippen molar-refractivity contribution in [3.63, 3.8) is 0 Å². The van der Waals surface area contributed by atoms with Crippen LogP contribution >= 0.6 is 0 Å². The molecule has 1 atom stereocenters. The molecule has 0 radical (unpaired) electrons. The van der Waals surface area contributed by atoms with E-state index < -0.39 is 32.7 Å². The van der Waals surface area contributed by atoms with E-state index in [0.29, 0.717) is 31.5 Å². The highest BCUT2D eigenvalue weighted by atomic mass is 32.2. The minimum atomic E-state index is -4.29. The van der Waals surface area contributed by atoms with Crippen LogP contribution in [0, 0.1) is 5.82 Å². The summed E-state index contributed by atoms with van der Waals surface area (Å²) in [5.41, 5.74) is 1.22. The number of furan rings is 1. The quantitative estimate of drug-likeness (QED) is 0.496. The Labute approximate surface area is 203 Å². The van der Waals surface area contributed by atoms with Crippen molar-refractivity contribution in [3.8, 4) is 0 Å². The minimum absolute atomic E-state index is 0.0954. The number of sulfonamides is 1. The first-order valence-electron chi connectivity index (χ1n) is 11.3. The van der Waals surface area contributed by atoms with Gasteiger partial charge >= 0.3 is 0 Å². The van der Waals surface area contributed by atoms with E-state index in [4.69, 9.17) is 4.42 Å². The van der Waals surface area contributed by atoms with E-state index in [1.54, 1.807) is 35.2 Å². The normalized spacial score (nSPS) is 15.5. The smallest absolute Gasteiger partial charge is 0.257 e. The molecule has 2 heterocycles. The summed E-state index contributed by atoms with van der Waals surface area (Å²) in [5.74, 6) is -1.54. The molecule has 1 unspecified atom stereocenters. The number of halogens is 1. The van der Waals surface area contributed by atoms with Crippen molar-refractivity contribution >= 4 is 21.8 Å². The molecule has 0 aliphatic carbocycles. The van der Waals surface area contributed by atoms with Crippen LogP contribution in [-0.4, -0.2) is 50.3 Å².